The third kappa shape index (κ3) is 4.91. The smallest absolute Gasteiger partial charge is 0.320 e. The van der Waals surface area contributed by atoms with Gasteiger partial charge in [-0.2, -0.15) is 0 Å². The van der Waals surface area contributed by atoms with Gasteiger partial charge >= 0.3 is 12.0 Å². The molecule has 0 bridgehead atoms. The van der Waals surface area contributed by atoms with Crippen LogP contribution in [0.15, 0.2) is 0 Å². The third-order valence-corrected chi connectivity index (χ3v) is 2.83. The molecular formula is C12H23N3O3. The maximum absolute atomic E-state index is 11.4. The summed E-state index contributed by atoms with van der Waals surface area (Å²) in [6.07, 6.45) is 0.978. The summed E-state index contributed by atoms with van der Waals surface area (Å²) in [6, 6.07) is -0.0115. The molecule has 6 heteroatoms. The summed E-state index contributed by atoms with van der Waals surface area (Å²) in [5.41, 5.74) is 0. The van der Waals surface area contributed by atoms with Gasteiger partial charge in [0.15, 0.2) is 0 Å². The number of carbonyl (C=O) groups excluding carboxylic acids is 2. The van der Waals surface area contributed by atoms with Gasteiger partial charge in [0.25, 0.3) is 0 Å². The van der Waals surface area contributed by atoms with E-state index in [4.69, 9.17) is 4.74 Å². The molecule has 1 fully saturated rings. The van der Waals surface area contributed by atoms with Crippen LogP contribution in [0.2, 0.25) is 0 Å². The first kappa shape index (κ1) is 14.8. The average molecular weight is 257 g/mol. The van der Waals surface area contributed by atoms with Crippen molar-refractivity contribution in [2.75, 3.05) is 45.9 Å². The molecule has 1 saturated heterocycles. The van der Waals surface area contributed by atoms with E-state index < -0.39 is 0 Å². The fourth-order valence-corrected chi connectivity index (χ4v) is 1.96. The molecule has 1 aliphatic heterocycles. The second-order valence-corrected chi connectivity index (χ2v) is 4.30. The number of hydrogen-bond acceptors (Lipinski definition) is 4. The zero-order valence-electron chi connectivity index (χ0n) is 11.3. The molecule has 0 saturated carbocycles. The van der Waals surface area contributed by atoms with Crippen molar-refractivity contribution in [2.24, 2.45) is 0 Å². The van der Waals surface area contributed by atoms with Crippen molar-refractivity contribution in [1.82, 2.24) is 15.1 Å². The maximum atomic E-state index is 11.4. The quantitative estimate of drug-likeness (QED) is 0.635. The third-order valence-electron chi connectivity index (χ3n) is 2.83. The van der Waals surface area contributed by atoms with E-state index in [-0.39, 0.29) is 12.0 Å². The maximum Gasteiger partial charge on any atom is 0.320 e. The summed E-state index contributed by atoms with van der Waals surface area (Å²) in [6.45, 7) is 8.25. The van der Waals surface area contributed by atoms with Crippen molar-refractivity contribution in [1.29, 1.82) is 0 Å². The van der Waals surface area contributed by atoms with Crippen LogP contribution in [0.4, 0.5) is 4.79 Å². The Kier molecular flexibility index (Phi) is 6.49. The Balaban J connectivity index is 2.32. The van der Waals surface area contributed by atoms with Gasteiger partial charge in [-0.25, -0.2) is 4.79 Å². The number of ether oxygens (including phenoxy) is 1. The molecule has 6 nitrogen and oxygen atoms in total. The minimum atomic E-state index is -0.197. The molecular weight excluding hydrogens is 234 g/mol. The lowest BCUT2D eigenvalue weighted by Crippen LogP contribution is -2.39. The molecule has 0 aromatic rings. The minimum Gasteiger partial charge on any atom is -0.465 e. The van der Waals surface area contributed by atoms with Gasteiger partial charge < -0.3 is 15.0 Å². The lowest BCUT2D eigenvalue weighted by atomic mass is 10.3. The first-order chi connectivity index (χ1) is 8.67. The van der Waals surface area contributed by atoms with Crippen molar-refractivity contribution in [3.63, 3.8) is 0 Å². The molecule has 0 radical (unpaired) electrons. The topological polar surface area (TPSA) is 61.9 Å². The lowest BCUT2D eigenvalue weighted by molar-refractivity contribution is -0.144. The van der Waals surface area contributed by atoms with E-state index in [0.29, 0.717) is 32.8 Å². The Morgan fingerprint density at radius 1 is 1.44 bits per heavy atom. The summed E-state index contributed by atoms with van der Waals surface area (Å²) in [7, 11) is 0. The highest BCUT2D eigenvalue weighted by molar-refractivity contribution is 5.76. The molecule has 0 spiro atoms. The normalized spacial score (nSPS) is 15.1. The minimum absolute atomic E-state index is 0.0115. The number of urea groups is 1. The second kappa shape index (κ2) is 7.92. The number of amides is 2. The number of rotatable bonds is 8. The monoisotopic (exact) mass is 257 g/mol. The standard InChI is InChI=1S/C12H23N3O3/c1-3-6-14(10-11(16)18-4-2)8-9-15-7-5-13-12(15)17/h3-10H2,1-2H3,(H,13,17). The van der Waals surface area contributed by atoms with E-state index in [9.17, 15) is 9.59 Å². The van der Waals surface area contributed by atoms with Gasteiger partial charge in [-0.05, 0) is 19.9 Å². The van der Waals surface area contributed by atoms with Crippen molar-refractivity contribution in [3.8, 4) is 0 Å². The summed E-state index contributed by atoms with van der Waals surface area (Å²) >= 11 is 0. The van der Waals surface area contributed by atoms with Crippen LogP contribution in [0, 0.1) is 0 Å². The summed E-state index contributed by atoms with van der Waals surface area (Å²) < 4.78 is 4.94. The zero-order chi connectivity index (χ0) is 13.4. The molecule has 0 atom stereocenters. The Labute approximate surface area is 108 Å². The van der Waals surface area contributed by atoms with Gasteiger partial charge in [0.1, 0.15) is 0 Å². The molecule has 1 heterocycles. The highest BCUT2D eigenvalue weighted by Gasteiger charge is 2.20. The first-order valence-electron chi connectivity index (χ1n) is 6.58. The molecule has 0 aliphatic carbocycles. The predicted octanol–water partition coefficient (Wildman–Crippen LogP) is 0.287. The summed E-state index contributed by atoms with van der Waals surface area (Å²) in [5.74, 6) is -0.197. The van der Waals surface area contributed by atoms with Crippen LogP contribution in [-0.2, 0) is 9.53 Å². The second-order valence-electron chi connectivity index (χ2n) is 4.30. The fraction of sp³-hybridized carbons (Fsp3) is 0.833. The molecule has 18 heavy (non-hydrogen) atoms. The van der Waals surface area contributed by atoms with Gasteiger partial charge in [-0.1, -0.05) is 6.92 Å². The molecule has 0 aromatic heterocycles. The van der Waals surface area contributed by atoms with E-state index in [1.54, 1.807) is 11.8 Å². The van der Waals surface area contributed by atoms with Crippen LogP contribution in [-0.4, -0.2) is 67.7 Å². The molecule has 0 aromatic carbocycles. The van der Waals surface area contributed by atoms with Crippen LogP contribution >= 0.6 is 0 Å². The Bertz CT molecular complexity index is 284. The zero-order valence-corrected chi connectivity index (χ0v) is 11.3. The van der Waals surface area contributed by atoms with Crippen LogP contribution in [0.25, 0.3) is 0 Å². The SMILES string of the molecule is CCCN(CCN1CCNC1=O)CC(=O)OCC. The first-order valence-corrected chi connectivity index (χ1v) is 6.58. The highest BCUT2D eigenvalue weighted by Crippen LogP contribution is 1.99. The summed E-state index contributed by atoms with van der Waals surface area (Å²) in [5, 5.41) is 2.76. The molecule has 1 N–H and O–H groups in total. The van der Waals surface area contributed by atoms with E-state index in [1.165, 1.54) is 0 Å². The molecule has 104 valence electrons. The van der Waals surface area contributed by atoms with Gasteiger partial charge in [0, 0.05) is 26.2 Å². The van der Waals surface area contributed by atoms with E-state index in [1.807, 2.05) is 4.90 Å². The Hall–Kier alpha value is -1.30. The van der Waals surface area contributed by atoms with E-state index in [2.05, 4.69) is 12.2 Å². The molecule has 1 aliphatic rings. The van der Waals surface area contributed by atoms with Gasteiger partial charge in [0.2, 0.25) is 0 Å². The number of esters is 1. The van der Waals surface area contributed by atoms with Crippen LogP contribution < -0.4 is 5.32 Å². The highest BCUT2D eigenvalue weighted by atomic mass is 16.5. The molecule has 1 rings (SSSR count). The van der Waals surface area contributed by atoms with Crippen LogP contribution in [0.1, 0.15) is 20.3 Å². The van der Waals surface area contributed by atoms with Gasteiger partial charge in [-0.3, -0.25) is 9.69 Å². The fourth-order valence-electron chi connectivity index (χ4n) is 1.96. The Morgan fingerprint density at radius 2 is 2.22 bits per heavy atom. The molecule has 0 unspecified atom stereocenters. The van der Waals surface area contributed by atoms with Crippen LogP contribution in [0.3, 0.4) is 0 Å². The van der Waals surface area contributed by atoms with Crippen molar-refractivity contribution >= 4 is 12.0 Å². The van der Waals surface area contributed by atoms with Crippen LogP contribution in [0.5, 0.6) is 0 Å². The number of nitrogens with one attached hydrogen (secondary N) is 1. The number of carbonyl (C=O) groups is 2. The van der Waals surface area contributed by atoms with Gasteiger partial charge in [0.05, 0.1) is 13.2 Å². The Morgan fingerprint density at radius 3 is 2.78 bits per heavy atom. The van der Waals surface area contributed by atoms with Crippen molar-refractivity contribution < 1.29 is 14.3 Å². The summed E-state index contributed by atoms with van der Waals surface area (Å²) in [4.78, 5) is 26.6. The lowest BCUT2D eigenvalue weighted by Gasteiger charge is -2.23. The van der Waals surface area contributed by atoms with E-state index in [0.717, 1.165) is 19.5 Å². The van der Waals surface area contributed by atoms with Gasteiger partial charge in [-0.15, -0.1) is 0 Å². The van der Waals surface area contributed by atoms with E-state index >= 15 is 0 Å². The van der Waals surface area contributed by atoms with Crippen molar-refractivity contribution in [3.05, 3.63) is 0 Å². The molecule has 2 amide bonds. The predicted molar refractivity (Wildman–Crippen MR) is 68.3 cm³/mol. The largest absolute Gasteiger partial charge is 0.465 e. The van der Waals surface area contributed by atoms with Crippen molar-refractivity contribution in [2.45, 2.75) is 20.3 Å². The number of nitrogens with zero attached hydrogens (tertiary/aromatic N) is 2. The number of hydrogen-bond donors (Lipinski definition) is 1. The average Bonchev–Trinajstić information content (AvgIpc) is 2.72.